The van der Waals surface area contributed by atoms with E-state index in [4.69, 9.17) is 11.6 Å². The standard InChI is InChI=1S/C17H14ClN3/c18-15-3-1-2-13-16(15)14(11-6-8-19-9-7-11)10-20-17(13)21-12-4-5-12/h1-3,6-10,12H,4-5H2,(H,20,21). The highest BCUT2D eigenvalue weighted by molar-refractivity contribution is 6.37. The highest BCUT2D eigenvalue weighted by atomic mass is 35.5. The van der Waals surface area contributed by atoms with Crippen LogP contribution in [0.3, 0.4) is 0 Å². The second-order valence-electron chi connectivity index (χ2n) is 5.34. The summed E-state index contributed by atoms with van der Waals surface area (Å²) < 4.78 is 0. The van der Waals surface area contributed by atoms with Gasteiger partial charge in [0.2, 0.25) is 0 Å². The van der Waals surface area contributed by atoms with Gasteiger partial charge in [-0.3, -0.25) is 4.98 Å². The van der Waals surface area contributed by atoms with Crippen molar-refractivity contribution in [3.05, 3.63) is 53.9 Å². The molecule has 3 aromatic rings. The summed E-state index contributed by atoms with van der Waals surface area (Å²) in [5.41, 5.74) is 2.12. The molecule has 104 valence electrons. The molecule has 2 aromatic heterocycles. The van der Waals surface area contributed by atoms with E-state index in [1.165, 1.54) is 12.8 Å². The Hall–Kier alpha value is -2.13. The predicted octanol–water partition coefficient (Wildman–Crippen LogP) is 4.52. The molecule has 1 N–H and O–H groups in total. The molecule has 1 aliphatic carbocycles. The van der Waals surface area contributed by atoms with Crippen molar-refractivity contribution in [2.45, 2.75) is 18.9 Å². The van der Waals surface area contributed by atoms with Gasteiger partial charge in [0.1, 0.15) is 5.82 Å². The van der Waals surface area contributed by atoms with Crippen LogP contribution in [0.2, 0.25) is 5.02 Å². The molecule has 1 aliphatic rings. The van der Waals surface area contributed by atoms with Crippen LogP contribution in [0.4, 0.5) is 5.82 Å². The fourth-order valence-corrected chi connectivity index (χ4v) is 2.82. The number of fused-ring (bicyclic) bond motifs is 1. The summed E-state index contributed by atoms with van der Waals surface area (Å²) in [5, 5.41) is 6.35. The molecule has 0 amide bonds. The van der Waals surface area contributed by atoms with Crippen LogP contribution >= 0.6 is 11.6 Å². The van der Waals surface area contributed by atoms with Gasteiger partial charge in [0.25, 0.3) is 0 Å². The fraction of sp³-hybridized carbons (Fsp3) is 0.176. The molecular formula is C17H14ClN3. The molecular weight excluding hydrogens is 282 g/mol. The molecule has 0 bridgehead atoms. The van der Waals surface area contributed by atoms with Crippen LogP contribution in [0.5, 0.6) is 0 Å². The zero-order valence-corrected chi connectivity index (χ0v) is 12.1. The van der Waals surface area contributed by atoms with E-state index in [1.807, 2.05) is 30.5 Å². The lowest BCUT2D eigenvalue weighted by Gasteiger charge is -2.13. The fourth-order valence-electron chi connectivity index (χ4n) is 2.54. The van der Waals surface area contributed by atoms with Gasteiger partial charge in [0, 0.05) is 46.0 Å². The number of nitrogens with one attached hydrogen (secondary N) is 1. The maximum atomic E-state index is 6.47. The average Bonchev–Trinajstić information content (AvgIpc) is 3.33. The molecule has 3 nitrogen and oxygen atoms in total. The smallest absolute Gasteiger partial charge is 0.134 e. The topological polar surface area (TPSA) is 37.8 Å². The number of pyridine rings is 2. The molecule has 1 fully saturated rings. The number of halogens is 1. The van der Waals surface area contributed by atoms with Gasteiger partial charge in [-0.2, -0.15) is 0 Å². The lowest BCUT2D eigenvalue weighted by atomic mass is 10.0. The van der Waals surface area contributed by atoms with Crippen LogP contribution in [0.25, 0.3) is 21.9 Å². The van der Waals surface area contributed by atoms with Crippen molar-refractivity contribution in [2.24, 2.45) is 0 Å². The van der Waals surface area contributed by atoms with Gasteiger partial charge < -0.3 is 5.32 Å². The molecule has 4 rings (SSSR count). The SMILES string of the molecule is Clc1cccc2c(NC3CC3)ncc(-c3ccncc3)c12. The van der Waals surface area contributed by atoms with Crippen LogP contribution in [0.15, 0.2) is 48.9 Å². The molecule has 4 heteroatoms. The number of rotatable bonds is 3. The van der Waals surface area contributed by atoms with E-state index in [-0.39, 0.29) is 0 Å². The third-order valence-electron chi connectivity index (χ3n) is 3.77. The number of anilines is 1. The molecule has 21 heavy (non-hydrogen) atoms. The first kappa shape index (κ1) is 12.6. The molecule has 2 heterocycles. The van der Waals surface area contributed by atoms with Crippen LogP contribution in [0.1, 0.15) is 12.8 Å². The largest absolute Gasteiger partial charge is 0.367 e. The Morgan fingerprint density at radius 1 is 1.10 bits per heavy atom. The zero-order valence-electron chi connectivity index (χ0n) is 11.4. The first-order valence-electron chi connectivity index (χ1n) is 7.07. The number of aromatic nitrogens is 2. The number of hydrogen-bond acceptors (Lipinski definition) is 3. The lowest BCUT2D eigenvalue weighted by Crippen LogP contribution is -2.04. The molecule has 0 radical (unpaired) electrons. The van der Waals surface area contributed by atoms with Crippen molar-refractivity contribution in [1.82, 2.24) is 9.97 Å². The van der Waals surface area contributed by atoms with Gasteiger partial charge in [-0.1, -0.05) is 23.7 Å². The van der Waals surface area contributed by atoms with Crippen molar-refractivity contribution >= 4 is 28.2 Å². The molecule has 1 saturated carbocycles. The van der Waals surface area contributed by atoms with Crippen LogP contribution < -0.4 is 5.32 Å². The number of hydrogen-bond donors (Lipinski definition) is 1. The van der Waals surface area contributed by atoms with E-state index in [0.717, 1.165) is 32.7 Å². The predicted molar refractivity (Wildman–Crippen MR) is 86.6 cm³/mol. The van der Waals surface area contributed by atoms with Gasteiger partial charge in [-0.25, -0.2) is 4.98 Å². The average molecular weight is 296 g/mol. The number of nitrogens with zero attached hydrogens (tertiary/aromatic N) is 2. The van der Waals surface area contributed by atoms with Crippen molar-refractivity contribution in [1.29, 1.82) is 0 Å². The minimum absolute atomic E-state index is 0.562. The maximum Gasteiger partial charge on any atom is 0.134 e. The third kappa shape index (κ3) is 2.34. The Kier molecular flexibility index (Phi) is 3.00. The van der Waals surface area contributed by atoms with Gasteiger partial charge in [0.05, 0.1) is 0 Å². The summed E-state index contributed by atoms with van der Waals surface area (Å²) >= 11 is 6.47. The van der Waals surface area contributed by atoms with E-state index in [0.29, 0.717) is 6.04 Å². The Morgan fingerprint density at radius 3 is 2.67 bits per heavy atom. The summed E-state index contributed by atoms with van der Waals surface area (Å²) in [7, 11) is 0. The molecule has 0 atom stereocenters. The van der Waals surface area contributed by atoms with Gasteiger partial charge >= 0.3 is 0 Å². The number of benzene rings is 1. The Bertz CT molecular complexity index is 798. The zero-order chi connectivity index (χ0) is 14.2. The van der Waals surface area contributed by atoms with E-state index in [1.54, 1.807) is 12.4 Å². The van der Waals surface area contributed by atoms with E-state index in [9.17, 15) is 0 Å². The quantitative estimate of drug-likeness (QED) is 0.772. The summed E-state index contributed by atoms with van der Waals surface area (Å²) in [6, 6.07) is 10.5. The maximum absolute atomic E-state index is 6.47. The van der Waals surface area contributed by atoms with Crippen molar-refractivity contribution in [3.8, 4) is 11.1 Å². The molecule has 0 saturated heterocycles. The summed E-state index contributed by atoms with van der Waals surface area (Å²) in [6.07, 6.45) is 7.91. The van der Waals surface area contributed by atoms with E-state index < -0.39 is 0 Å². The molecule has 0 unspecified atom stereocenters. The first-order valence-corrected chi connectivity index (χ1v) is 7.45. The normalized spacial score (nSPS) is 14.3. The monoisotopic (exact) mass is 295 g/mol. The molecule has 0 aliphatic heterocycles. The minimum atomic E-state index is 0.562. The third-order valence-corrected chi connectivity index (χ3v) is 4.09. The van der Waals surface area contributed by atoms with Crippen LogP contribution in [0, 0.1) is 0 Å². The van der Waals surface area contributed by atoms with Crippen LogP contribution in [-0.2, 0) is 0 Å². The second kappa shape index (κ2) is 5.01. The minimum Gasteiger partial charge on any atom is -0.367 e. The summed E-state index contributed by atoms with van der Waals surface area (Å²) in [4.78, 5) is 8.69. The molecule has 1 aromatic carbocycles. The highest BCUT2D eigenvalue weighted by Gasteiger charge is 2.23. The van der Waals surface area contributed by atoms with E-state index >= 15 is 0 Å². The second-order valence-corrected chi connectivity index (χ2v) is 5.74. The van der Waals surface area contributed by atoms with Crippen molar-refractivity contribution < 1.29 is 0 Å². The van der Waals surface area contributed by atoms with E-state index in [2.05, 4.69) is 21.4 Å². The van der Waals surface area contributed by atoms with Crippen LogP contribution in [-0.4, -0.2) is 16.0 Å². The van der Waals surface area contributed by atoms with Crippen molar-refractivity contribution in [3.63, 3.8) is 0 Å². The summed E-state index contributed by atoms with van der Waals surface area (Å²) in [6.45, 7) is 0. The van der Waals surface area contributed by atoms with Gasteiger partial charge in [-0.15, -0.1) is 0 Å². The Morgan fingerprint density at radius 2 is 1.90 bits per heavy atom. The van der Waals surface area contributed by atoms with Crippen molar-refractivity contribution in [2.75, 3.05) is 5.32 Å². The first-order chi connectivity index (χ1) is 10.3. The molecule has 0 spiro atoms. The van der Waals surface area contributed by atoms with Gasteiger partial charge in [-0.05, 0) is 36.6 Å². The summed E-state index contributed by atoms with van der Waals surface area (Å²) in [5.74, 6) is 0.924. The highest BCUT2D eigenvalue weighted by Crippen LogP contribution is 2.37. The lowest BCUT2D eigenvalue weighted by molar-refractivity contribution is 1.12. The Balaban J connectivity index is 1.96. The Labute approximate surface area is 128 Å². The van der Waals surface area contributed by atoms with Gasteiger partial charge in [0.15, 0.2) is 0 Å².